The van der Waals surface area contributed by atoms with E-state index in [1.807, 2.05) is 31.2 Å². The molecule has 1 fully saturated rings. The molecule has 174 valence electrons. The van der Waals surface area contributed by atoms with Crippen LogP contribution in [0.4, 0.5) is 0 Å². The van der Waals surface area contributed by atoms with Crippen molar-refractivity contribution in [1.29, 1.82) is 0 Å². The molecule has 12 heteroatoms. The molecule has 0 unspecified atom stereocenters. The summed E-state index contributed by atoms with van der Waals surface area (Å²) >= 11 is 0. The largest absolute Gasteiger partial charge is 0.494 e. The highest BCUT2D eigenvalue weighted by Gasteiger charge is 2.26. The molecular formula is C21H24N6O5S. The summed E-state index contributed by atoms with van der Waals surface area (Å²) in [4.78, 5) is 12.7. The van der Waals surface area contributed by atoms with Crippen molar-refractivity contribution in [3.05, 3.63) is 59.9 Å². The van der Waals surface area contributed by atoms with E-state index < -0.39 is 10.0 Å². The molecule has 1 aliphatic rings. The van der Waals surface area contributed by atoms with Crippen LogP contribution in [0, 0.1) is 0 Å². The lowest BCUT2D eigenvalue weighted by atomic mass is 10.2. The Labute approximate surface area is 191 Å². The van der Waals surface area contributed by atoms with Gasteiger partial charge in [-0.1, -0.05) is 0 Å². The molecular weight excluding hydrogens is 448 g/mol. The molecule has 3 aromatic rings. The minimum absolute atomic E-state index is 0.0902. The van der Waals surface area contributed by atoms with Gasteiger partial charge in [0.05, 0.1) is 36.9 Å². The molecule has 11 nitrogen and oxygen atoms in total. The van der Waals surface area contributed by atoms with E-state index in [1.54, 1.807) is 0 Å². The summed E-state index contributed by atoms with van der Waals surface area (Å²) in [5.74, 6) is 0.814. The number of nitrogens with one attached hydrogen (secondary N) is 1. The lowest BCUT2D eigenvalue weighted by Gasteiger charge is -2.26. The van der Waals surface area contributed by atoms with Gasteiger partial charge in [0.15, 0.2) is 5.82 Å². The Bertz CT molecular complexity index is 1190. The Hall–Kier alpha value is -3.35. The number of hydrogen-bond acceptors (Lipinski definition) is 8. The number of hydrogen-bond donors (Lipinski definition) is 1. The maximum absolute atomic E-state index is 12.7. The number of rotatable bonds is 8. The normalized spacial score (nSPS) is 14.7. The van der Waals surface area contributed by atoms with Crippen LogP contribution in [-0.2, 0) is 21.3 Å². The van der Waals surface area contributed by atoms with E-state index in [0.717, 1.165) is 11.4 Å². The molecule has 0 bridgehead atoms. The van der Waals surface area contributed by atoms with Crippen molar-refractivity contribution < 1.29 is 22.7 Å². The molecule has 2 aromatic carbocycles. The lowest BCUT2D eigenvalue weighted by molar-refractivity contribution is 0.0730. The second kappa shape index (κ2) is 10.1. The fraction of sp³-hybridized carbons (Fsp3) is 0.333. The number of benzene rings is 2. The van der Waals surface area contributed by atoms with Gasteiger partial charge in [0.1, 0.15) is 5.75 Å². The molecule has 33 heavy (non-hydrogen) atoms. The quantitative estimate of drug-likeness (QED) is 0.514. The number of morpholine rings is 1. The smallest absolute Gasteiger partial charge is 0.251 e. The van der Waals surface area contributed by atoms with Crippen molar-refractivity contribution in [3.8, 4) is 11.4 Å². The van der Waals surface area contributed by atoms with Gasteiger partial charge in [0.25, 0.3) is 5.91 Å². The van der Waals surface area contributed by atoms with Crippen molar-refractivity contribution in [2.75, 3.05) is 32.9 Å². The number of carbonyl (C=O) groups excluding carboxylic acids is 1. The van der Waals surface area contributed by atoms with Gasteiger partial charge in [-0.25, -0.2) is 8.42 Å². The summed E-state index contributed by atoms with van der Waals surface area (Å²) in [5.41, 5.74) is 1.06. The van der Waals surface area contributed by atoms with Crippen molar-refractivity contribution in [2.45, 2.75) is 18.4 Å². The fourth-order valence-corrected chi connectivity index (χ4v) is 4.75. The molecule has 2 heterocycles. The molecule has 0 radical (unpaired) electrons. The van der Waals surface area contributed by atoms with E-state index in [4.69, 9.17) is 9.47 Å². The average Bonchev–Trinajstić information content (AvgIpc) is 3.32. The van der Waals surface area contributed by atoms with E-state index in [9.17, 15) is 13.2 Å². The maximum Gasteiger partial charge on any atom is 0.251 e. The Morgan fingerprint density at radius 1 is 1.09 bits per heavy atom. The number of carbonyl (C=O) groups is 1. The molecule has 1 aliphatic heterocycles. The molecule has 0 spiro atoms. The average molecular weight is 473 g/mol. The van der Waals surface area contributed by atoms with Crippen molar-refractivity contribution >= 4 is 15.9 Å². The van der Waals surface area contributed by atoms with Gasteiger partial charge < -0.3 is 14.8 Å². The van der Waals surface area contributed by atoms with Crippen LogP contribution in [0.25, 0.3) is 5.69 Å². The molecule has 1 aromatic heterocycles. The van der Waals surface area contributed by atoms with Crippen LogP contribution >= 0.6 is 0 Å². The molecule has 1 saturated heterocycles. The van der Waals surface area contributed by atoms with E-state index in [1.165, 1.54) is 33.3 Å². The number of tetrazole rings is 1. The van der Waals surface area contributed by atoms with Crippen molar-refractivity contribution in [3.63, 3.8) is 0 Å². The zero-order valence-electron chi connectivity index (χ0n) is 18.0. The molecule has 0 atom stereocenters. The Morgan fingerprint density at radius 3 is 2.45 bits per heavy atom. The van der Waals surface area contributed by atoms with E-state index in [0.29, 0.717) is 44.3 Å². The molecule has 0 aliphatic carbocycles. The predicted molar refractivity (Wildman–Crippen MR) is 118 cm³/mol. The van der Waals surface area contributed by atoms with Crippen molar-refractivity contribution in [2.24, 2.45) is 0 Å². The Balaban J connectivity index is 1.40. The molecule has 1 N–H and O–H groups in total. The highest BCUT2D eigenvalue weighted by Crippen LogP contribution is 2.18. The van der Waals surface area contributed by atoms with Gasteiger partial charge in [0, 0.05) is 18.7 Å². The van der Waals surface area contributed by atoms with Crippen LogP contribution in [0.1, 0.15) is 23.1 Å². The summed E-state index contributed by atoms with van der Waals surface area (Å²) in [7, 11) is -3.61. The zero-order chi connectivity index (χ0) is 23.3. The second-order valence-electron chi connectivity index (χ2n) is 7.16. The van der Waals surface area contributed by atoms with Crippen LogP contribution < -0.4 is 10.1 Å². The third kappa shape index (κ3) is 5.18. The first-order chi connectivity index (χ1) is 16.0. The number of aromatic nitrogens is 4. The van der Waals surface area contributed by atoms with Gasteiger partial charge in [0.2, 0.25) is 10.0 Å². The first-order valence-corrected chi connectivity index (χ1v) is 11.9. The van der Waals surface area contributed by atoms with Crippen LogP contribution in [0.2, 0.25) is 0 Å². The maximum atomic E-state index is 12.7. The Morgan fingerprint density at radius 2 is 1.79 bits per heavy atom. The predicted octanol–water partition coefficient (Wildman–Crippen LogP) is 1.01. The zero-order valence-corrected chi connectivity index (χ0v) is 18.9. The third-order valence-corrected chi connectivity index (χ3v) is 6.97. The summed E-state index contributed by atoms with van der Waals surface area (Å²) in [6, 6.07) is 13.1. The third-order valence-electron chi connectivity index (χ3n) is 5.06. The highest BCUT2D eigenvalue weighted by molar-refractivity contribution is 7.89. The van der Waals surface area contributed by atoms with Crippen LogP contribution in [0.5, 0.6) is 5.75 Å². The van der Waals surface area contributed by atoms with Gasteiger partial charge in [-0.05, 0) is 65.9 Å². The fourth-order valence-electron chi connectivity index (χ4n) is 3.34. The summed E-state index contributed by atoms with van der Waals surface area (Å²) in [5, 5.41) is 14.4. The standard InChI is InChI=1S/C21H24N6O5S/c1-2-32-18-7-5-17(6-8-18)27-20(23-24-25-27)15-22-21(28)16-3-9-19(10-4-16)33(29,30)26-11-13-31-14-12-26/h3-10H,2,11-15H2,1H3,(H,22,28). The summed E-state index contributed by atoms with van der Waals surface area (Å²) in [6.45, 7) is 3.94. The van der Waals surface area contributed by atoms with Gasteiger partial charge >= 0.3 is 0 Å². The molecule has 1 amide bonds. The topological polar surface area (TPSA) is 129 Å². The van der Waals surface area contributed by atoms with Gasteiger partial charge in [-0.3, -0.25) is 4.79 Å². The lowest BCUT2D eigenvalue weighted by Crippen LogP contribution is -2.40. The highest BCUT2D eigenvalue weighted by atomic mass is 32.2. The summed E-state index contributed by atoms with van der Waals surface area (Å²) in [6.07, 6.45) is 0. The van der Waals surface area contributed by atoms with E-state index in [2.05, 4.69) is 20.8 Å². The van der Waals surface area contributed by atoms with E-state index >= 15 is 0 Å². The SMILES string of the molecule is CCOc1ccc(-n2nnnc2CNC(=O)c2ccc(S(=O)(=O)N3CCOCC3)cc2)cc1. The first-order valence-electron chi connectivity index (χ1n) is 10.5. The van der Waals surface area contributed by atoms with E-state index in [-0.39, 0.29) is 17.3 Å². The van der Waals surface area contributed by atoms with Gasteiger partial charge in [-0.15, -0.1) is 5.10 Å². The molecule has 4 rings (SSSR count). The number of nitrogens with zero attached hydrogens (tertiary/aromatic N) is 5. The molecule has 0 saturated carbocycles. The monoisotopic (exact) mass is 472 g/mol. The minimum atomic E-state index is -3.61. The number of sulfonamides is 1. The van der Waals surface area contributed by atoms with Crippen LogP contribution in [-0.4, -0.2) is 71.7 Å². The van der Waals surface area contributed by atoms with Crippen molar-refractivity contribution in [1.82, 2.24) is 29.8 Å². The van der Waals surface area contributed by atoms with Crippen LogP contribution in [0.15, 0.2) is 53.4 Å². The second-order valence-corrected chi connectivity index (χ2v) is 9.10. The Kier molecular flexibility index (Phi) is 6.96. The number of amides is 1. The number of ether oxygens (including phenoxy) is 2. The minimum Gasteiger partial charge on any atom is -0.494 e. The first kappa shape index (κ1) is 22.8. The van der Waals surface area contributed by atoms with Gasteiger partial charge in [-0.2, -0.15) is 8.99 Å². The van der Waals surface area contributed by atoms with Crippen LogP contribution in [0.3, 0.4) is 0 Å². The summed E-state index contributed by atoms with van der Waals surface area (Å²) < 4.78 is 39.0.